The molecular formula is C22H25F2NO4. The molecular weight excluding hydrogens is 380 g/mol. The van der Waals surface area contributed by atoms with E-state index in [0.29, 0.717) is 37.2 Å². The number of aryl methyl sites for hydroxylation is 2. The number of fused-ring (bicyclic) bond motifs is 2. The quantitative estimate of drug-likeness (QED) is 0.688. The molecule has 2 unspecified atom stereocenters. The zero-order valence-corrected chi connectivity index (χ0v) is 16.0. The van der Waals surface area contributed by atoms with Crippen molar-refractivity contribution in [3.05, 3.63) is 59.2 Å². The molecule has 2 heterocycles. The molecule has 0 saturated heterocycles. The van der Waals surface area contributed by atoms with Gasteiger partial charge >= 0.3 is 0 Å². The van der Waals surface area contributed by atoms with E-state index in [-0.39, 0.29) is 36.9 Å². The zero-order chi connectivity index (χ0) is 20.4. The third-order valence-electron chi connectivity index (χ3n) is 5.56. The van der Waals surface area contributed by atoms with Crippen molar-refractivity contribution in [1.82, 2.24) is 5.32 Å². The van der Waals surface area contributed by atoms with Crippen LogP contribution in [0.4, 0.5) is 8.78 Å². The Kier molecular flexibility index (Phi) is 5.99. The maximum atomic E-state index is 13.3. The molecule has 0 aromatic heterocycles. The van der Waals surface area contributed by atoms with E-state index in [1.165, 1.54) is 24.3 Å². The predicted octanol–water partition coefficient (Wildman–Crippen LogP) is 2.36. The lowest BCUT2D eigenvalue weighted by atomic mass is 9.98. The van der Waals surface area contributed by atoms with Crippen molar-refractivity contribution >= 4 is 0 Å². The summed E-state index contributed by atoms with van der Waals surface area (Å²) in [6.07, 6.45) is 0.214. The summed E-state index contributed by atoms with van der Waals surface area (Å²) in [7, 11) is 0. The van der Waals surface area contributed by atoms with Gasteiger partial charge in [-0.2, -0.15) is 0 Å². The first-order valence-electron chi connectivity index (χ1n) is 9.96. The van der Waals surface area contributed by atoms with Gasteiger partial charge in [-0.3, -0.25) is 0 Å². The molecule has 5 nitrogen and oxygen atoms in total. The number of benzene rings is 2. The first-order chi connectivity index (χ1) is 14.0. The Hall–Kier alpha value is -2.22. The highest BCUT2D eigenvalue weighted by Gasteiger charge is 2.29. The molecule has 0 bridgehead atoms. The number of aliphatic hydroxyl groups is 2. The molecule has 0 fully saturated rings. The van der Waals surface area contributed by atoms with E-state index in [2.05, 4.69) is 5.32 Å². The first kappa shape index (κ1) is 20.1. The van der Waals surface area contributed by atoms with Gasteiger partial charge in [0.2, 0.25) is 0 Å². The van der Waals surface area contributed by atoms with Crippen LogP contribution in [0.3, 0.4) is 0 Å². The summed E-state index contributed by atoms with van der Waals surface area (Å²) >= 11 is 0. The van der Waals surface area contributed by atoms with Crippen LogP contribution < -0.4 is 14.8 Å². The van der Waals surface area contributed by atoms with E-state index in [9.17, 15) is 19.0 Å². The maximum absolute atomic E-state index is 13.3. The highest BCUT2D eigenvalue weighted by Crippen LogP contribution is 2.30. The van der Waals surface area contributed by atoms with E-state index < -0.39 is 12.2 Å². The average Bonchev–Trinajstić information content (AvgIpc) is 2.72. The molecule has 0 radical (unpaired) electrons. The monoisotopic (exact) mass is 405 g/mol. The lowest BCUT2D eigenvalue weighted by molar-refractivity contribution is 0.00892. The first-order valence-corrected chi connectivity index (χ1v) is 9.96. The van der Waals surface area contributed by atoms with Gasteiger partial charge in [0.1, 0.15) is 47.5 Å². The molecule has 4 rings (SSSR count). The Morgan fingerprint density at radius 2 is 1.28 bits per heavy atom. The molecule has 3 N–H and O–H groups in total. The molecule has 0 amide bonds. The minimum Gasteiger partial charge on any atom is -0.487 e. The van der Waals surface area contributed by atoms with Crippen molar-refractivity contribution in [2.45, 2.75) is 50.1 Å². The normalized spacial score (nSPS) is 22.6. The van der Waals surface area contributed by atoms with E-state index in [1.54, 1.807) is 12.1 Å². The van der Waals surface area contributed by atoms with Crippen LogP contribution in [0.15, 0.2) is 36.4 Å². The summed E-state index contributed by atoms with van der Waals surface area (Å²) in [6, 6.07) is 8.79. The Morgan fingerprint density at radius 3 is 1.72 bits per heavy atom. The molecule has 2 aromatic rings. The van der Waals surface area contributed by atoms with Crippen molar-refractivity contribution in [1.29, 1.82) is 0 Å². The van der Waals surface area contributed by atoms with Gasteiger partial charge in [-0.05, 0) is 73.2 Å². The van der Waals surface area contributed by atoms with Gasteiger partial charge in [0, 0.05) is 13.1 Å². The summed E-state index contributed by atoms with van der Waals surface area (Å²) in [6.45, 7) is 0.513. The Morgan fingerprint density at radius 1 is 0.828 bits per heavy atom. The van der Waals surface area contributed by atoms with Gasteiger partial charge in [-0.25, -0.2) is 8.78 Å². The minimum atomic E-state index is -0.753. The predicted molar refractivity (Wildman–Crippen MR) is 103 cm³/mol. The number of rotatable bonds is 6. The van der Waals surface area contributed by atoms with Crippen LogP contribution in [0.1, 0.15) is 24.0 Å². The van der Waals surface area contributed by atoms with Crippen LogP contribution in [0, 0.1) is 11.6 Å². The minimum absolute atomic E-state index is 0.257. The SMILES string of the molecule is O[C@@H](CNC[C@H](O)C1CCc2cc(F)ccc2O1)C1CCc2cc(F)ccc2O1. The van der Waals surface area contributed by atoms with E-state index in [4.69, 9.17) is 9.47 Å². The number of hydrogen-bond donors (Lipinski definition) is 3. The lowest BCUT2D eigenvalue weighted by Crippen LogP contribution is -2.46. The number of hydrogen-bond acceptors (Lipinski definition) is 5. The van der Waals surface area contributed by atoms with Crippen molar-refractivity contribution in [2.24, 2.45) is 0 Å². The molecule has 0 aliphatic carbocycles. The Bertz CT molecular complexity index is 793. The molecule has 7 heteroatoms. The maximum Gasteiger partial charge on any atom is 0.126 e. The van der Waals surface area contributed by atoms with Gasteiger partial charge in [0.15, 0.2) is 0 Å². The summed E-state index contributed by atoms with van der Waals surface area (Å²) in [5.41, 5.74) is 1.62. The van der Waals surface area contributed by atoms with Crippen molar-refractivity contribution < 1.29 is 28.5 Å². The number of nitrogens with one attached hydrogen (secondary N) is 1. The van der Waals surface area contributed by atoms with Crippen molar-refractivity contribution in [2.75, 3.05) is 13.1 Å². The standard InChI is InChI=1S/C22H25F2NO4/c23-15-3-7-19-13(9-15)1-5-21(28-19)17(26)11-25-12-18(27)22-6-2-14-10-16(24)4-8-20(14)29-22/h3-4,7-10,17-18,21-22,25-27H,1-2,5-6,11-12H2/t17-,18-,21?,22?/m0/s1. The van der Waals surface area contributed by atoms with Crippen LogP contribution in [-0.4, -0.2) is 47.7 Å². The second-order valence-corrected chi connectivity index (χ2v) is 7.69. The molecule has 2 aliphatic heterocycles. The van der Waals surface area contributed by atoms with Gasteiger partial charge in [0.05, 0.1) is 0 Å². The molecule has 0 spiro atoms. The summed E-state index contributed by atoms with van der Waals surface area (Å²) in [4.78, 5) is 0. The highest BCUT2D eigenvalue weighted by molar-refractivity contribution is 5.36. The fourth-order valence-electron chi connectivity index (χ4n) is 3.94. The number of halogens is 2. The van der Waals surface area contributed by atoms with Crippen molar-refractivity contribution in [3.8, 4) is 11.5 Å². The third-order valence-corrected chi connectivity index (χ3v) is 5.56. The third kappa shape index (κ3) is 4.69. The van der Waals surface area contributed by atoms with Crippen molar-refractivity contribution in [3.63, 3.8) is 0 Å². The molecule has 156 valence electrons. The zero-order valence-electron chi connectivity index (χ0n) is 16.0. The molecule has 2 aromatic carbocycles. The van der Waals surface area contributed by atoms with Gasteiger partial charge < -0.3 is 25.0 Å². The topological polar surface area (TPSA) is 71.0 Å². The van der Waals surface area contributed by atoms with Crippen LogP contribution in [0.5, 0.6) is 11.5 Å². The second-order valence-electron chi connectivity index (χ2n) is 7.69. The van der Waals surface area contributed by atoms with Gasteiger partial charge in [-0.15, -0.1) is 0 Å². The van der Waals surface area contributed by atoms with E-state index in [0.717, 1.165) is 11.1 Å². The van der Waals surface area contributed by atoms with Crippen LogP contribution in [0.25, 0.3) is 0 Å². The Balaban J connectivity index is 1.24. The fraction of sp³-hybridized carbons (Fsp3) is 0.455. The van der Waals surface area contributed by atoms with Crippen LogP contribution in [0.2, 0.25) is 0 Å². The largest absolute Gasteiger partial charge is 0.487 e. The smallest absolute Gasteiger partial charge is 0.126 e. The van der Waals surface area contributed by atoms with E-state index >= 15 is 0 Å². The summed E-state index contributed by atoms with van der Waals surface area (Å²) < 4.78 is 38.2. The molecule has 2 aliphatic rings. The number of ether oxygens (including phenoxy) is 2. The molecule has 4 atom stereocenters. The molecule has 29 heavy (non-hydrogen) atoms. The second kappa shape index (κ2) is 8.65. The van der Waals surface area contributed by atoms with Gasteiger partial charge in [-0.1, -0.05) is 0 Å². The highest BCUT2D eigenvalue weighted by atomic mass is 19.1. The summed E-state index contributed by atoms with van der Waals surface area (Å²) in [5, 5.41) is 23.9. The van der Waals surface area contributed by atoms with E-state index in [1.807, 2.05) is 0 Å². The number of aliphatic hydroxyl groups excluding tert-OH is 2. The summed E-state index contributed by atoms with van der Waals surface area (Å²) in [5.74, 6) is 0.624. The fourth-order valence-corrected chi connectivity index (χ4v) is 3.94. The van der Waals surface area contributed by atoms with Crippen LogP contribution >= 0.6 is 0 Å². The van der Waals surface area contributed by atoms with Crippen LogP contribution in [-0.2, 0) is 12.8 Å². The Labute approximate surface area is 168 Å². The van der Waals surface area contributed by atoms with Gasteiger partial charge in [0.25, 0.3) is 0 Å². The lowest BCUT2D eigenvalue weighted by Gasteiger charge is -2.31. The average molecular weight is 405 g/mol. The molecule has 0 saturated carbocycles.